The highest BCUT2D eigenvalue weighted by Crippen LogP contribution is 2.39. The molecule has 0 fully saturated rings. The summed E-state index contributed by atoms with van der Waals surface area (Å²) in [4.78, 5) is 23.3. The average molecular weight is 478 g/mol. The largest absolute Gasteiger partial charge is 0.494 e. The van der Waals surface area contributed by atoms with Crippen molar-refractivity contribution in [2.45, 2.75) is 30.4 Å². The first kappa shape index (κ1) is 23.9. The zero-order valence-electron chi connectivity index (χ0n) is 18.5. The summed E-state index contributed by atoms with van der Waals surface area (Å²) in [5.41, 5.74) is 1.34. The van der Waals surface area contributed by atoms with Crippen molar-refractivity contribution >= 4 is 56.0 Å². The van der Waals surface area contributed by atoms with Gasteiger partial charge in [-0.1, -0.05) is 42.9 Å². The van der Waals surface area contributed by atoms with E-state index in [1.807, 2.05) is 38.4 Å². The van der Waals surface area contributed by atoms with E-state index < -0.39 is 0 Å². The summed E-state index contributed by atoms with van der Waals surface area (Å²) in [7, 11) is 5.67. The fraction of sp³-hybridized carbons (Fsp3) is 0.391. The first-order valence-corrected chi connectivity index (χ1v) is 12.2. The van der Waals surface area contributed by atoms with E-state index in [4.69, 9.17) is 21.3 Å². The molecule has 3 aromatic rings. The van der Waals surface area contributed by atoms with Crippen molar-refractivity contribution in [3.63, 3.8) is 0 Å². The molecule has 0 aliphatic rings. The van der Waals surface area contributed by atoms with Crippen LogP contribution in [0.25, 0.3) is 10.2 Å². The molecule has 0 aliphatic heterocycles. The van der Waals surface area contributed by atoms with Crippen LogP contribution in [0, 0.1) is 0 Å². The van der Waals surface area contributed by atoms with Crippen molar-refractivity contribution < 1.29 is 9.53 Å². The number of hydrogen-bond acceptors (Lipinski definition) is 6. The number of halogens is 1. The van der Waals surface area contributed by atoms with Gasteiger partial charge < -0.3 is 9.64 Å². The van der Waals surface area contributed by atoms with Gasteiger partial charge in [0.15, 0.2) is 5.13 Å². The van der Waals surface area contributed by atoms with Crippen LogP contribution in [-0.2, 0) is 0 Å². The van der Waals surface area contributed by atoms with Crippen LogP contribution < -0.4 is 9.64 Å². The maximum atomic E-state index is 13.6. The molecule has 0 spiro atoms. The van der Waals surface area contributed by atoms with Gasteiger partial charge in [0.05, 0.1) is 16.8 Å². The van der Waals surface area contributed by atoms with Gasteiger partial charge in [-0.05, 0) is 57.4 Å². The summed E-state index contributed by atoms with van der Waals surface area (Å²) in [6, 6.07) is 11.4. The zero-order valence-corrected chi connectivity index (χ0v) is 20.9. The number of carbonyl (C=O) groups excluding carboxylic acids is 1. The fourth-order valence-electron chi connectivity index (χ4n) is 3.18. The maximum absolute atomic E-state index is 13.6. The van der Waals surface area contributed by atoms with E-state index in [9.17, 15) is 4.79 Å². The molecule has 0 aliphatic carbocycles. The Bertz CT molecular complexity index is 1050. The van der Waals surface area contributed by atoms with E-state index in [0.29, 0.717) is 38.8 Å². The minimum absolute atomic E-state index is 0.0564. The summed E-state index contributed by atoms with van der Waals surface area (Å²) >= 11 is 9.58. The van der Waals surface area contributed by atoms with Crippen molar-refractivity contribution in [2.24, 2.45) is 0 Å². The summed E-state index contributed by atoms with van der Waals surface area (Å²) < 4.78 is 6.28. The van der Waals surface area contributed by atoms with Crippen LogP contribution in [0.4, 0.5) is 5.13 Å². The maximum Gasteiger partial charge on any atom is 0.260 e. The van der Waals surface area contributed by atoms with Crippen molar-refractivity contribution in [3.05, 3.63) is 47.0 Å². The Balaban J connectivity index is 1.99. The van der Waals surface area contributed by atoms with Crippen LogP contribution in [-0.4, -0.2) is 55.3 Å². The quantitative estimate of drug-likeness (QED) is 0.350. The number of aromatic nitrogens is 1. The van der Waals surface area contributed by atoms with Crippen molar-refractivity contribution in [1.29, 1.82) is 0 Å². The van der Waals surface area contributed by atoms with Crippen molar-refractivity contribution in [1.82, 2.24) is 9.88 Å². The number of benzene rings is 2. The molecule has 2 aromatic carbocycles. The van der Waals surface area contributed by atoms with Crippen molar-refractivity contribution in [3.8, 4) is 5.75 Å². The predicted molar refractivity (Wildman–Crippen MR) is 133 cm³/mol. The van der Waals surface area contributed by atoms with Gasteiger partial charge in [-0.15, -0.1) is 11.8 Å². The predicted octanol–water partition coefficient (Wildman–Crippen LogP) is 6.06. The standard InChI is InChI=1S/C23H28ClN3O2S2/c1-15(2)30-17-9-6-8-16(14-17)22(28)27(13-7-12-26(3)4)23-25-20-19(29-5)11-10-18(24)21(20)31-23/h6,8-11,14-15H,7,12-13H2,1-5H3. The summed E-state index contributed by atoms with van der Waals surface area (Å²) in [6.07, 6.45) is 0.833. The van der Waals surface area contributed by atoms with Gasteiger partial charge in [0.1, 0.15) is 11.3 Å². The second-order valence-corrected chi connectivity index (χ2v) is 10.8. The number of amides is 1. The van der Waals surface area contributed by atoms with E-state index in [1.54, 1.807) is 35.9 Å². The molecule has 166 valence electrons. The van der Waals surface area contributed by atoms with Gasteiger partial charge in [-0.3, -0.25) is 9.69 Å². The molecule has 0 saturated heterocycles. The SMILES string of the molecule is COc1ccc(Cl)c2sc(N(CCCN(C)C)C(=O)c3cccc(SC(C)C)c3)nc12. The highest BCUT2D eigenvalue weighted by atomic mass is 35.5. The first-order chi connectivity index (χ1) is 14.8. The Hall–Kier alpha value is -1.80. The third-order valence-corrected chi connectivity index (χ3v) is 7.12. The summed E-state index contributed by atoms with van der Waals surface area (Å²) in [5, 5.41) is 1.68. The number of thiazole rings is 1. The summed E-state index contributed by atoms with van der Waals surface area (Å²) in [5.74, 6) is 0.594. The number of nitrogens with zero attached hydrogens (tertiary/aromatic N) is 3. The third-order valence-electron chi connectivity index (χ3n) is 4.58. The molecule has 31 heavy (non-hydrogen) atoms. The fourth-order valence-corrected chi connectivity index (χ4v) is 5.36. The van der Waals surface area contributed by atoms with Crippen LogP contribution >= 0.6 is 34.7 Å². The Morgan fingerprint density at radius 3 is 2.68 bits per heavy atom. The van der Waals surface area contributed by atoms with Gasteiger partial charge in [-0.25, -0.2) is 4.98 Å². The highest BCUT2D eigenvalue weighted by Gasteiger charge is 2.23. The Morgan fingerprint density at radius 1 is 1.23 bits per heavy atom. The number of anilines is 1. The number of methoxy groups -OCH3 is 1. The molecule has 0 saturated carbocycles. The molecule has 1 aromatic heterocycles. The molecule has 0 unspecified atom stereocenters. The van der Waals surface area contributed by atoms with E-state index in [0.717, 1.165) is 22.6 Å². The monoisotopic (exact) mass is 477 g/mol. The Labute approximate surface area is 197 Å². The molecule has 0 radical (unpaired) electrons. The van der Waals surface area contributed by atoms with Crippen LogP contribution in [0.2, 0.25) is 5.02 Å². The average Bonchev–Trinajstić information content (AvgIpc) is 3.16. The van der Waals surface area contributed by atoms with E-state index in [-0.39, 0.29) is 5.91 Å². The topological polar surface area (TPSA) is 45.7 Å². The lowest BCUT2D eigenvalue weighted by atomic mass is 10.2. The van der Waals surface area contributed by atoms with E-state index in [1.165, 1.54) is 11.3 Å². The van der Waals surface area contributed by atoms with Gasteiger partial charge in [0.25, 0.3) is 5.91 Å². The molecule has 8 heteroatoms. The summed E-state index contributed by atoms with van der Waals surface area (Å²) in [6.45, 7) is 5.73. The van der Waals surface area contributed by atoms with Crippen molar-refractivity contribution in [2.75, 3.05) is 39.2 Å². The van der Waals surface area contributed by atoms with Gasteiger partial charge in [0.2, 0.25) is 0 Å². The molecule has 0 N–H and O–H groups in total. The molecule has 3 rings (SSSR count). The second kappa shape index (κ2) is 10.7. The van der Waals surface area contributed by atoms with E-state index >= 15 is 0 Å². The number of carbonyl (C=O) groups is 1. The smallest absolute Gasteiger partial charge is 0.260 e. The molecule has 0 atom stereocenters. The Kier molecular flexibility index (Phi) is 8.22. The normalized spacial score (nSPS) is 11.5. The third kappa shape index (κ3) is 5.92. The first-order valence-electron chi connectivity index (χ1n) is 10.2. The molecule has 1 amide bonds. The van der Waals surface area contributed by atoms with Crippen LogP contribution in [0.1, 0.15) is 30.6 Å². The number of rotatable bonds is 9. The van der Waals surface area contributed by atoms with Crippen LogP contribution in [0.15, 0.2) is 41.3 Å². The number of ether oxygens (including phenoxy) is 1. The zero-order chi connectivity index (χ0) is 22.5. The minimum Gasteiger partial charge on any atom is -0.494 e. The lowest BCUT2D eigenvalue weighted by Crippen LogP contribution is -2.33. The molecular formula is C23H28ClN3O2S2. The number of hydrogen-bond donors (Lipinski definition) is 0. The Morgan fingerprint density at radius 2 is 2.00 bits per heavy atom. The minimum atomic E-state index is -0.0564. The molecular weight excluding hydrogens is 450 g/mol. The van der Waals surface area contributed by atoms with E-state index in [2.05, 4.69) is 18.7 Å². The molecule has 5 nitrogen and oxygen atoms in total. The van der Waals surface area contributed by atoms with Gasteiger partial charge in [-0.2, -0.15) is 0 Å². The van der Waals surface area contributed by atoms with Gasteiger partial charge in [0, 0.05) is 22.3 Å². The lowest BCUT2D eigenvalue weighted by Gasteiger charge is -2.21. The number of thioether (sulfide) groups is 1. The lowest BCUT2D eigenvalue weighted by molar-refractivity contribution is 0.0986. The number of fused-ring (bicyclic) bond motifs is 1. The second-order valence-electron chi connectivity index (χ2n) is 7.73. The van der Waals surface area contributed by atoms with Crippen LogP contribution in [0.5, 0.6) is 5.75 Å². The molecule has 0 bridgehead atoms. The van der Waals surface area contributed by atoms with Gasteiger partial charge >= 0.3 is 0 Å². The van der Waals surface area contributed by atoms with Crippen LogP contribution in [0.3, 0.4) is 0 Å². The highest BCUT2D eigenvalue weighted by molar-refractivity contribution is 7.99. The molecule has 1 heterocycles.